The van der Waals surface area contributed by atoms with Gasteiger partial charge in [0, 0.05) is 20.8 Å². The number of ether oxygens (including phenoxy) is 2. The lowest BCUT2D eigenvalue weighted by Gasteiger charge is -2.16. The Hall–Kier alpha value is 0.230. The van der Waals surface area contributed by atoms with Crippen LogP contribution < -0.4 is 5.32 Å². The number of thioether (sulfide) groups is 1. The van der Waals surface area contributed by atoms with Gasteiger partial charge in [-0.05, 0) is 30.4 Å². The van der Waals surface area contributed by atoms with Crippen LogP contribution in [-0.2, 0) is 9.47 Å². The normalized spacial score (nSPS) is 24.0. The van der Waals surface area contributed by atoms with Crippen LogP contribution in [0, 0.1) is 5.92 Å². The van der Waals surface area contributed by atoms with Gasteiger partial charge in [0.05, 0.1) is 12.7 Å². The van der Waals surface area contributed by atoms with Crippen molar-refractivity contribution in [1.82, 2.24) is 5.32 Å². The highest BCUT2D eigenvalue weighted by Gasteiger charge is 2.15. The maximum Gasteiger partial charge on any atom is 0.0928 e. The minimum absolute atomic E-state index is 0.189. The average Bonchev–Trinajstić information content (AvgIpc) is 2.69. The number of methoxy groups -OCH3 is 2. The first-order valence-corrected chi connectivity index (χ1v) is 6.32. The van der Waals surface area contributed by atoms with Crippen LogP contribution in [0.4, 0.5) is 0 Å². The number of hydrogen-bond donors (Lipinski definition) is 1. The van der Waals surface area contributed by atoms with Crippen LogP contribution in [0.1, 0.15) is 6.42 Å². The summed E-state index contributed by atoms with van der Waals surface area (Å²) in [5.74, 6) is 3.51. The third kappa shape index (κ3) is 4.64. The highest BCUT2D eigenvalue weighted by Crippen LogP contribution is 2.22. The summed E-state index contributed by atoms with van der Waals surface area (Å²) in [5.41, 5.74) is 0. The van der Waals surface area contributed by atoms with E-state index in [1.807, 2.05) is 0 Å². The van der Waals surface area contributed by atoms with Gasteiger partial charge in [0.15, 0.2) is 0 Å². The molecular weight excluding hydrogens is 198 g/mol. The van der Waals surface area contributed by atoms with E-state index in [4.69, 9.17) is 9.47 Å². The van der Waals surface area contributed by atoms with Crippen molar-refractivity contribution in [2.75, 3.05) is 45.4 Å². The van der Waals surface area contributed by atoms with Gasteiger partial charge in [-0.2, -0.15) is 11.8 Å². The molecule has 0 radical (unpaired) electrons. The Morgan fingerprint density at radius 1 is 1.50 bits per heavy atom. The molecule has 0 saturated carbocycles. The quantitative estimate of drug-likeness (QED) is 0.692. The van der Waals surface area contributed by atoms with E-state index in [1.54, 1.807) is 14.2 Å². The molecule has 1 aliphatic rings. The van der Waals surface area contributed by atoms with Crippen molar-refractivity contribution in [3.05, 3.63) is 0 Å². The molecule has 1 heterocycles. The first-order chi connectivity index (χ1) is 6.86. The van der Waals surface area contributed by atoms with Crippen LogP contribution in [0.5, 0.6) is 0 Å². The molecule has 0 aromatic carbocycles. The minimum Gasteiger partial charge on any atom is -0.382 e. The molecule has 1 fully saturated rings. The molecule has 1 rings (SSSR count). The Balaban J connectivity index is 2.00. The SMILES string of the molecule is COCC(CNCC1CCSC1)OC. The summed E-state index contributed by atoms with van der Waals surface area (Å²) in [5, 5.41) is 3.44. The van der Waals surface area contributed by atoms with Gasteiger partial charge in [0.25, 0.3) is 0 Å². The molecular formula is C10H21NO2S. The molecule has 1 aliphatic heterocycles. The molecule has 0 amide bonds. The zero-order valence-electron chi connectivity index (χ0n) is 9.12. The summed E-state index contributed by atoms with van der Waals surface area (Å²) in [7, 11) is 3.44. The van der Waals surface area contributed by atoms with Crippen molar-refractivity contribution in [1.29, 1.82) is 0 Å². The smallest absolute Gasteiger partial charge is 0.0928 e. The lowest BCUT2D eigenvalue weighted by Crippen LogP contribution is -2.34. The first-order valence-electron chi connectivity index (χ1n) is 5.17. The fourth-order valence-corrected chi connectivity index (χ4v) is 2.87. The van der Waals surface area contributed by atoms with Crippen LogP contribution in [0.3, 0.4) is 0 Å². The number of hydrogen-bond acceptors (Lipinski definition) is 4. The predicted molar refractivity (Wildman–Crippen MR) is 61.0 cm³/mol. The van der Waals surface area contributed by atoms with Gasteiger partial charge in [-0.15, -0.1) is 0 Å². The van der Waals surface area contributed by atoms with E-state index in [-0.39, 0.29) is 6.10 Å². The molecule has 0 aromatic heterocycles. The zero-order valence-corrected chi connectivity index (χ0v) is 9.94. The molecule has 0 aromatic rings. The summed E-state index contributed by atoms with van der Waals surface area (Å²) in [6, 6.07) is 0. The van der Waals surface area contributed by atoms with Crippen molar-refractivity contribution in [3.63, 3.8) is 0 Å². The molecule has 2 unspecified atom stereocenters. The molecule has 1 N–H and O–H groups in total. The molecule has 14 heavy (non-hydrogen) atoms. The van der Waals surface area contributed by atoms with Crippen LogP contribution in [0.15, 0.2) is 0 Å². The van der Waals surface area contributed by atoms with Gasteiger partial charge in [0.1, 0.15) is 0 Å². The lowest BCUT2D eigenvalue weighted by atomic mass is 10.1. The van der Waals surface area contributed by atoms with E-state index in [9.17, 15) is 0 Å². The zero-order chi connectivity index (χ0) is 10.2. The summed E-state index contributed by atoms with van der Waals surface area (Å²) < 4.78 is 10.3. The molecule has 0 spiro atoms. The van der Waals surface area contributed by atoms with E-state index in [0.29, 0.717) is 6.61 Å². The Morgan fingerprint density at radius 2 is 2.36 bits per heavy atom. The van der Waals surface area contributed by atoms with Gasteiger partial charge in [0.2, 0.25) is 0 Å². The second-order valence-electron chi connectivity index (χ2n) is 3.70. The second kappa shape index (κ2) is 7.51. The van der Waals surface area contributed by atoms with E-state index >= 15 is 0 Å². The Labute approximate surface area is 90.9 Å². The molecule has 3 nitrogen and oxygen atoms in total. The third-order valence-electron chi connectivity index (χ3n) is 2.51. The van der Waals surface area contributed by atoms with Crippen molar-refractivity contribution in [3.8, 4) is 0 Å². The van der Waals surface area contributed by atoms with Gasteiger partial charge in [-0.3, -0.25) is 0 Å². The van der Waals surface area contributed by atoms with E-state index in [2.05, 4.69) is 17.1 Å². The lowest BCUT2D eigenvalue weighted by molar-refractivity contribution is 0.0286. The standard InChI is InChI=1S/C10H21NO2S/c1-12-7-10(13-2)6-11-5-9-3-4-14-8-9/h9-11H,3-8H2,1-2H3. The number of nitrogens with one attached hydrogen (secondary N) is 1. The van der Waals surface area contributed by atoms with E-state index in [1.165, 1.54) is 17.9 Å². The van der Waals surface area contributed by atoms with Gasteiger partial charge in [-0.1, -0.05) is 0 Å². The molecule has 0 bridgehead atoms. The first kappa shape index (κ1) is 12.3. The molecule has 2 atom stereocenters. The maximum atomic E-state index is 5.26. The Morgan fingerprint density at radius 3 is 2.93 bits per heavy atom. The third-order valence-corrected chi connectivity index (χ3v) is 3.75. The topological polar surface area (TPSA) is 30.5 Å². The molecule has 1 saturated heterocycles. The van der Waals surface area contributed by atoms with Gasteiger partial charge < -0.3 is 14.8 Å². The van der Waals surface area contributed by atoms with Crippen molar-refractivity contribution >= 4 is 11.8 Å². The fraction of sp³-hybridized carbons (Fsp3) is 1.00. The highest BCUT2D eigenvalue weighted by atomic mass is 32.2. The van der Waals surface area contributed by atoms with Gasteiger partial charge >= 0.3 is 0 Å². The van der Waals surface area contributed by atoms with Gasteiger partial charge in [-0.25, -0.2) is 0 Å². The van der Waals surface area contributed by atoms with E-state index < -0.39 is 0 Å². The van der Waals surface area contributed by atoms with E-state index in [0.717, 1.165) is 19.0 Å². The van der Waals surface area contributed by atoms with Crippen LogP contribution >= 0.6 is 11.8 Å². The van der Waals surface area contributed by atoms with Crippen molar-refractivity contribution in [2.24, 2.45) is 5.92 Å². The van der Waals surface area contributed by atoms with Crippen molar-refractivity contribution in [2.45, 2.75) is 12.5 Å². The van der Waals surface area contributed by atoms with Crippen molar-refractivity contribution < 1.29 is 9.47 Å². The second-order valence-corrected chi connectivity index (χ2v) is 4.85. The van der Waals surface area contributed by atoms with Crippen LogP contribution in [0.25, 0.3) is 0 Å². The molecule has 4 heteroatoms. The largest absolute Gasteiger partial charge is 0.382 e. The summed E-state index contributed by atoms with van der Waals surface area (Å²) in [4.78, 5) is 0. The fourth-order valence-electron chi connectivity index (χ4n) is 1.59. The molecule has 84 valence electrons. The van der Waals surface area contributed by atoms with Crippen LogP contribution in [-0.4, -0.2) is 51.5 Å². The highest BCUT2D eigenvalue weighted by molar-refractivity contribution is 7.99. The average molecular weight is 219 g/mol. The minimum atomic E-state index is 0.189. The monoisotopic (exact) mass is 219 g/mol. The maximum absolute atomic E-state index is 5.26. The molecule has 0 aliphatic carbocycles. The summed E-state index contributed by atoms with van der Waals surface area (Å²) in [6.07, 6.45) is 1.55. The van der Waals surface area contributed by atoms with Crippen LogP contribution in [0.2, 0.25) is 0 Å². The summed E-state index contributed by atoms with van der Waals surface area (Å²) >= 11 is 2.06. The Kier molecular flexibility index (Phi) is 6.60. The predicted octanol–water partition coefficient (Wildman–Crippen LogP) is 0.990. The summed E-state index contributed by atoms with van der Waals surface area (Å²) in [6.45, 7) is 2.69. The Bertz CT molecular complexity index is 140. The number of rotatable bonds is 7.